The quantitative estimate of drug-likeness (QED) is 0.141. The van der Waals surface area contributed by atoms with Crippen LogP contribution in [0.4, 0.5) is 0 Å². The predicted molar refractivity (Wildman–Crippen MR) is 157 cm³/mol. The van der Waals surface area contributed by atoms with Crippen molar-refractivity contribution in [3.63, 3.8) is 0 Å². The van der Waals surface area contributed by atoms with Crippen LogP contribution in [0.3, 0.4) is 0 Å². The minimum absolute atomic E-state index is 0.249. The summed E-state index contributed by atoms with van der Waals surface area (Å²) in [7, 11) is 0. The van der Waals surface area contributed by atoms with Crippen LogP contribution in [0.15, 0.2) is 60.7 Å². The summed E-state index contributed by atoms with van der Waals surface area (Å²) in [4.78, 5) is 50.9. The van der Waals surface area contributed by atoms with Crippen molar-refractivity contribution in [2.45, 2.75) is 52.4 Å². The molecular formula is C34H34O8. The first-order chi connectivity index (χ1) is 20.2. The molecular weight excluding hydrogens is 536 g/mol. The first-order valence-corrected chi connectivity index (χ1v) is 14.4. The number of ether oxygens (including phenoxy) is 2. The van der Waals surface area contributed by atoms with Gasteiger partial charge in [-0.2, -0.15) is 0 Å². The van der Waals surface area contributed by atoms with E-state index >= 15 is 0 Å². The molecule has 2 aliphatic rings. The molecule has 218 valence electrons. The smallest absolute Gasteiger partial charge is 0.315 e. The van der Waals surface area contributed by atoms with Crippen molar-refractivity contribution in [3.05, 3.63) is 71.8 Å². The van der Waals surface area contributed by atoms with Crippen LogP contribution >= 0.6 is 0 Å². The summed E-state index contributed by atoms with van der Waals surface area (Å²) < 4.78 is 12.2. The minimum atomic E-state index is -1.05. The molecule has 5 rings (SSSR count). The summed E-state index contributed by atoms with van der Waals surface area (Å²) in [6.45, 7) is 3.99. The van der Waals surface area contributed by atoms with Crippen LogP contribution in [0.2, 0.25) is 0 Å². The average Bonchev–Trinajstić information content (AvgIpc) is 3.01. The Kier molecular flexibility index (Phi) is 8.43. The van der Waals surface area contributed by atoms with Crippen LogP contribution in [0.5, 0.6) is 11.5 Å². The highest BCUT2D eigenvalue weighted by molar-refractivity contribution is 6.13. The van der Waals surface area contributed by atoms with E-state index in [2.05, 4.69) is 0 Å². The number of carboxylic acid groups (broad SMARTS) is 2. The molecule has 0 heterocycles. The molecule has 0 aromatic heterocycles. The number of carboxylic acids is 2. The van der Waals surface area contributed by atoms with Crippen molar-refractivity contribution < 1.29 is 38.9 Å². The highest BCUT2D eigenvalue weighted by Crippen LogP contribution is 2.45. The van der Waals surface area contributed by atoms with Gasteiger partial charge in [0, 0.05) is 21.5 Å². The molecule has 3 aromatic rings. The Morgan fingerprint density at radius 2 is 0.952 bits per heavy atom. The number of carbonyl (C=O) groups excluding carboxylic acids is 2. The highest BCUT2D eigenvalue weighted by atomic mass is 16.5. The molecule has 0 fully saturated rings. The second kappa shape index (κ2) is 12.2. The molecule has 0 saturated carbocycles. The van der Waals surface area contributed by atoms with Gasteiger partial charge in [0.15, 0.2) is 0 Å². The molecule has 4 unspecified atom stereocenters. The number of allylic oxidation sites excluding steroid dienone is 4. The van der Waals surface area contributed by atoms with Gasteiger partial charge in [0.2, 0.25) is 0 Å². The number of hydrogen-bond acceptors (Lipinski definition) is 6. The fourth-order valence-corrected chi connectivity index (χ4v) is 5.95. The predicted octanol–water partition coefficient (Wildman–Crippen LogP) is 6.26. The molecule has 0 radical (unpaired) electrons. The van der Waals surface area contributed by atoms with Crippen molar-refractivity contribution in [1.82, 2.24) is 0 Å². The lowest BCUT2D eigenvalue weighted by atomic mass is 9.83. The van der Waals surface area contributed by atoms with Crippen LogP contribution in [0.1, 0.15) is 50.7 Å². The Morgan fingerprint density at radius 1 is 0.595 bits per heavy atom. The number of fused-ring (bicyclic) bond motifs is 2. The van der Waals surface area contributed by atoms with E-state index in [1.807, 2.05) is 50.2 Å². The number of benzene rings is 3. The first kappa shape index (κ1) is 29.0. The average molecular weight is 571 g/mol. The Balaban J connectivity index is 1.67. The zero-order valence-corrected chi connectivity index (χ0v) is 23.7. The fraction of sp³-hybridized carbons (Fsp3) is 0.353. The van der Waals surface area contributed by atoms with Crippen molar-refractivity contribution >= 4 is 45.4 Å². The monoisotopic (exact) mass is 570 g/mol. The molecule has 3 aromatic carbocycles. The van der Waals surface area contributed by atoms with Gasteiger partial charge in [0.05, 0.1) is 23.7 Å². The number of rotatable bonds is 8. The van der Waals surface area contributed by atoms with E-state index in [1.54, 1.807) is 24.3 Å². The van der Waals surface area contributed by atoms with Gasteiger partial charge in [0.25, 0.3) is 0 Å². The summed E-state index contributed by atoms with van der Waals surface area (Å²) in [5.41, 5.74) is 1.93. The first-order valence-electron chi connectivity index (χ1n) is 14.4. The molecule has 0 saturated heterocycles. The third kappa shape index (κ3) is 5.53. The fourth-order valence-electron chi connectivity index (χ4n) is 5.95. The van der Waals surface area contributed by atoms with Gasteiger partial charge in [-0.15, -0.1) is 0 Å². The normalized spacial score (nSPS) is 21.8. The van der Waals surface area contributed by atoms with Crippen molar-refractivity contribution in [3.8, 4) is 11.5 Å². The topological polar surface area (TPSA) is 127 Å². The molecule has 0 spiro atoms. The summed E-state index contributed by atoms with van der Waals surface area (Å²) in [6, 6.07) is 11.3. The molecule has 8 nitrogen and oxygen atoms in total. The maximum absolute atomic E-state index is 13.5. The third-order valence-electron chi connectivity index (χ3n) is 8.47. The standard InChI is InChI=1S/C34H34O8/c1-3-19-13-15-21-27(17-19)29(41-33(39)25-11-7-5-9-23(25)31(35)36)22-16-14-20(4-2)18-28(22)30(21)42-34(40)26-12-8-6-10-24(26)32(37)38/h5-8,13-18,23-26H,3-4,9-12H2,1-2H3,(H,35,36)(H,37,38). The highest BCUT2D eigenvalue weighted by Gasteiger charge is 2.38. The lowest BCUT2D eigenvalue weighted by Gasteiger charge is -2.25. The van der Waals surface area contributed by atoms with E-state index in [-0.39, 0.29) is 37.2 Å². The zero-order chi connectivity index (χ0) is 30.0. The number of hydrogen-bond donors (Lipinski definition) is 2. The molecule has 0 bridgehead atoms. The Morgan fingerprint density at radius 3 is 1.29 bits per heavy atom. The van der Waals surface area contributed by atoms with E-state index in [0.29, 0.717) is 34.4 Å². The minimum Gasteiger partial charge on any atom is -0.481 e. The van der Waals surface area contributed by atoms with Crippen LogP contribution in [-0.4, -0.2) is 34.1 Å². The number of aryl methyl sites for hydroxylation is 2. The van der Waals surface area contributed by atoms with Crippen LogP contribution in [0.25, 0.3) is 21.5 Å². The van der Waals surface area contributed by atoms with Gasteiger partial charge >= 0.3 is 23.9 Å². The van der Waals surface area contributed by atoms with Gasteiger partial charge in [-0.1, -0.05) is 62.4 Å². The SMILES string of the molecule is CCc1ccc2c(OC(=O)C3CC=CCC3C(=O)O)c3cc(CC)ccc3c(OC(=O)C3CC=CCC3C(=O)O)c2c1. The Hall–Kier alpha value is -4.46. The van der Waals surface area contributed by atoms with Crippen LogP contribution in [-0.2, 0) is 32.0 Å². The van der Waals surface area contributed by atoms with Gasteiger partial charge in [-0.3, -0.25) is 19.2 Å². The largest absolute Gasteiger partial charge is 0.481 e. The molecule has 42 heavy (non-hydrogen) atoms. The van der Waals surface area contributed by atoms with Crippen molar-refractivity contribution in [2.24, 2.45) is 23.7 Å². The van der Waals surface area contributed by atoms with E-state index in [9.17, 15) is 29.4 Å². The molecule has 8 heteroatoms. The molecule has 4 atom stereocenters. The van der Waals surface area contributed by atoms with Gasteiger partial charge in [-0.05, 0) is 61.8 Å². The van der Waals surface area contributed by atoms with E-state index in [0.717, 1.165) is 11.1 Å². The molecule has 2 N–H and O–H groups in total. The second-order valence-electron chi connectivity index (χ2n) is 11.0. The summed E-state index contributed by atoms with van der Waals surface area (Å²) in [5, 5.41) is 21.7. The lowest BCUT2D eigenvalue weighted by molar-refractivity contribution is -0.152. The van der Waals surface area contributed by atoms with Gasteiger partial charge in [0.1, 0.15) is 11.5 Å². The third-order valence-corrected chi connectivity index (χ3v) is 8.47. The Bertz CT molecular complexity index is 1510. The summed E-state index contributed by atoms with van der Waals surface area (Å²) in [5.74, 6) is -6.23. The van der Waals surface area contributed by atoms with Gasteiger partial charge in [-0.25, -0.2) is 0 Å². The molecule has 0 aliphatic heterocycles. The van der Waals surface area contributed by atoms with Crippen molar-refractivity contribution in [1.29, 1.82) is 0 Å². The van der Waals surface area contributed by atoms with Crippen LogP contribution < -0.4 is 9.47 Å². The summed E-state index contributed by atoms with van der Waals surface area (Å²) in [6.07, 6.45) is 9.58. The lowest BCUT2D eigenvalue weighted by Crippen LogP contribution is -2.34. The van der Waals surface area contributed by atoms with Crippen molar-refractivity contribution in [2.75, 3.05) is 0 Å². The van der Waals surface area contributed by atoms with Gasteiger partial charge < -0.3 is 19.7 Å². The molecule has 0 amide bonds. The maximum Gasteiger partial charge on any atom is 0.315 e. The second-order valence-corrected chi connectivity index (χ2v) is 11.0. The number of aliphatic carboxylic acids is 2. The zero-order valence-electron chi connectivity index (χ0n) is 23.7. The maximum atomic E-state index is 13.5. The molecule has 2 aliphatic carbocycles. The van der Waals surface area contributed by atoms with E-state index in [1.165, 1.54) is 0 Å². The number of carbonyl (C=O) groups is 4. The summed E-state index contributed by atoms with van der Waals surface area (Å²) >= 11 is 0. The van der Waals surface area contributed by atoms with E-state index < -0.39 is 47.5 Å². The van der Waals surface area contributed by atoms with E-state index in [4.69, 9.17) is 9.47 Å². The number of esters is 2. The van der Waals surface area contributed by atoms with Crippen LogP contribution in [0, 0.1) is 23.7 Å². The Labute approximate surface area is 243 Å².